The topological polar surface area (TPSA) is 46.1 Å². The third-order valence-corrected chi connectivity index (χ3v) is 3.49. The van der Waals surface area contributed by atoms with Crippen LogP contribution >= 0.6 is 11.5 Å². The number of aryl methyl sites for hydroxylation is 1. The fourth-order valence-corrected chi connectivity index (χ4v) is 2.60. The van der Waals surface area contributed by atoms with Crippen LogP contribution in [0.4, 0.5) is 10.1 Å². The van der Waals surface area contributed by atoms with E-state index in [2.05, 4.69) is 9.59 Å². The van der Waals surface area contributed by atoms with Crippen molar-refractivity contribution < 1.29 is 9.18 Å². The molecule has 18 heavy (non-hydrogen) atoms. The Kier molecular flexibility index (Phi) is 2.79. The van der Waals surface area contributed by atoms with E-state index in [1.54, 1.807) is 16.3 Å². The average Bonchev–Trinajstić information content (AvgIpc) is 2.90. The summed E-state index contributed by atoms with van der Waals surface area (Å²) in [7, 11) is 0. The lowest BCUT2D eigenvalue weighted by molar-refractivity contribution is 0.0980. The molecule has 2 heterocycles. The lowest BCUT2D eigenvalue weighted by Crippen LogP contribution is -2.35. The summed E-state index contributed by atoms with van der Waals surface area (Å²) >= 11 is 1.15. The van der Waals surface area contributed by atoms with E-state index in [0.29, 0.717) is 12.2 Å². The minimum absolute atomic E-state index is 0.170. The predicted molar refractivity (Wildman–Crippen MR) is 66.3 cm³/mol. The van der Waals surface area contributed by atoms with Crippen molar-refractivity contribution in [3.8, 4) is 0 Å². The number of hydrogen-bond donors (Lipinski definition) is 0. The largest absolute Gasteiger partial charge is 0.307 e. The van der Waals surface area contributed by atoms with Crippen molar-refractivity contribution in [1.82, 2.24) is 9.59 Å². The standard InChI is InChI=1S/C12H10FN3OS/c13-9-3-4-11-8(6-9)2-1-5-16(11)12(17)10-7-18-15-14-10/h3-4,6-7H,1-2,5H2. The van der Waals surface area contributed by atoms with Gasteiger partial charge < -0.3 is 4.90 Å². The number of hydrogen-bond acceptors (Lipinski definition) is 4. The fourth-order valence-electron chi connectivity index (χ4n) is 2.17. The normalized spacial score (nSPS) is 14.4. The van der Waals surface area contributed by atoms with E-state index in [-0.39, 0.29) is 11.7 Å². The average molecular weight is 263 g/mol. The summed E-state index contributed by atoms with van der Waals surface area (Å²) < 4.78 is 16.9. The smallest absolute Gasteiger partial charge is 0.279 e. The van der Waals surface area contributed by atoms with Crippen LogP contribution in [0.2, 0.25) is 0 Å². The number of fused-ring (bicyclic) bond motifs is 1. The zero-order valence-corrected chi connectivity index (χ0v) is 10.3. The first-order valence-electron chi connectivity index (χ1n) is 5.63. The second kappa shape index (κ2) is 4.45. The van der Waals surface area contributed by atoms with Crippen LogP contribution in [-0.4, -0.2) is 22.0 Å². The van der Waals surface area contributed by atoms with Crippen molar-refractivity contribution in [2.24, 2.45) is 0 Å². The van der Waals surface area contributed by atoms with Crippen LogP contribution in [0.15, 0.2) is 23.6 Å². The molecule has 1 aromatic heterocycles. The van der Waals surface area contributed by atoms with Crippen molar-refractivity contribution in [1.29, 1.82) is 0 Å². The lowest BCUT2D eigenvalue weighted by Gasteiger charge is -2.28. The fraction of sp³-hybridized carbons (Fsp3) is 0.250. The van der Waals surface area contributed by atoms with E-state index in [4.69, 9.17) is 0 Å². The summed E-state index contributed by atoms with van der Waals surface area (Å²) in [6.45, 7) is 0.634. The van der Waals surface area contributed by atoms with Crippen LogP contribution in [-0.2, 0) is 6.42 Å². The van der Waals surface area contributed by atoms with Crippen molar-refractivity contribution >= 4 is 23.1 Å². The number of halogens is 1. The first-order valence-corrected chi connectivity index (χ1v) is 6.47. The molecule has 0 spiro atoms. The highest BCUT2D eigenvalue weighted by Crippen LogP contribution is 2.28. The maximum atomic E-state index is 13.2. The molecule has 0 bridgehead atoms. The molecule has 6 heteroatoms. The molecule has 3 rings (SSSR count). The molecule has 0 saturated heterocycles. The molecule has 0 N–H and O–H groups in total. The van der Waals surface area contributed by atoms with Crippen LogP contribution in [0.5, 0.6) is 0 Å². The molecule has 0 saturated carbocycles. The maximum absolute atomic E-state index is 13.2. The Morgan fingerprint density at radius 2 is 2.33 bits per heavy atom. The second-order valence-electron chi connectivity index (χ2n) is 4.12. The second-order valence-corrected chi connectivity index (χ2v) is 4.73. The summed E-state index contributed by atoms with van der Waals surface area (Å²) in [6, 6.07) is 4.53. The Morgan fingerprint density at radius 3 is 3.11 bits per heavy atom. The molecule has 1 aliphatic heterocycles. The number of aromatic nitrogens is 2. The molecular formula is C12H10FN3OS. The Labute approximate surface area is 107 Å². The number of benzene rings is 1. The highest BCUT2D eigenvalue weighted by molar-refractivity contribution is 7.03. The molecule has 1 aliphatic rings. The van der Waals surface area contributed by atoms with Crippen LogP contribution in [0.25, 0.3) is 0 Å². The third kappa shape index (κ3) is 1.88. The quantitative estimate of drug-likeness (QED) is 0.793. The number of carbonyl (C=O) groups excluding carboxylic acids is 1. The van der Waals surface area contributed by atoms with Crippen LogP contribution in [0.1, 0.15) is 22.5 Å². The molecule has 0 radical (unpaired) electrons. The van der Waals surface area contributed by atoms with Gasteiger partial charge in [-0.3, -0.25) is 4.79 Å². The van der Waals surface area contributed by atoms with E-state index in [1.807, 2.05) is 0 Å². The number of carbonyl (C=O) groups is 1. The van der Waals surface area contributed by atoms with Crippen molar-refractivity contribution in [3.05, 3.63) is 40.7 Å². The van der Waals surface area contributed by atoms with Crippen LogP contribution < -0.4 is 4.90 Å². The third-order valence-electron chi connectivity index (χ3n) is 2.98. The summed E-state index contributed by atoms with van der Waals surface area (Å²) in [5.41, 5.74) is 2.00. The first-order chi connectivity index (χ1) is 8.75. The molecule has 1 amide bonds. The minimum Gasteiger partial charge on any atom is -0.307 e. The van der Waals surface area contributed by atoms with Crippen LogP contribution in [0.3, 0.4) is 0 Å². The molecule has 0 fully saturated rings. The highest BCUT2D eigenvalue weighted by Gasteiger charge is 2.25. The SMILES string of the molecule is O=C(c1csnn1)N1CCCc2cc(F)ccc21. The molecule has 4 nitrogen and oxygen atoms in total. The van der Waals surface area contributed by atoms with E-state index in [1.165, 1.54) is 12.1 Å². The van der Waals surface area contributed by atoms with Gasteiger partial charge in [0.1, 0.15) is 5.82 Å². The summed E-state index contributed by atoms with van der Waals surface area (Å²) in [5, 5.41) is 5.41. The zero-order valence-electron chi connectivity index (χ0n) is 9.47. The Hall–Kier alpha value is -1.82. The Bertz CT molecular complexity index is 585. The van der Waals surface area contributed by atoms with Gasteiger partial charge in [-0.25, -0.2) is 4.39 Å². The highest BCUT2D eigenvalue weighted by atomic mass is 32.1. The molecular weight excluding hydrogens is 253 g/mol. The molecule has 0 aliphatic carbocycles. The van der Waals surface area contributed by atoms with Gasteiger partial charge in [-0.15, -0.1) is 5.10 Å². The summed E-state index contributed by atoms with van der Waals surface area (Å²) in [4.78, 5) is 13.9. The van der Waals surface area contributed by atoms with Gasteiger partial charge in [-0.1, -0.05) is 4.49 Å². The van der Waals surface area contributed by atoms with Gasteiger partial charge in [0.25, 0.3) is 5.91 Å². The molecule has 0 atom stereocenters. The predicted octanol–water partition coefficient (Wildman–Crippen LogP) is 2.27. The number of nitrogens with zero attached hydrogens (tertiary/aromatic N) is 3. The van der Waals surface area contributed by atoms with Gasteiger partial charge in [-0.2, -0.15) is 0 Å². The van der Waals surface area contributed by atoms with Gasteiger partial charge in [0, 0.05) is 17.6 Å². The number of amides is 1. The van der Waals surface area contributed by atoms with Gasteiger partial charge in [0.15, 0.2) is 5.69 Å². The molecule has 0 unspecified atom stereocenters. The van der Waals surface area contributed by atoms with Crippen molar-refractivity contribution in [2.75, 3.05) is 11.4 Å². The zero-order chi connectivity index (χ0) is 12.5. The van der Waals surface area contributed by atoms with Crippen molar-refractivity contribution in [2.45, 2.75) is 12.8 Å². The lowest BCUT2D eigenvalue weighted by atomic mass is 10.0. The minimum atomic E-state index is -0.265. The number of rotatable bonds is 1. The molecule has 2 aromatic rings. The Morgan fingerprint density at radius 1 is 1.44 bits per heavy atom. The molecule has 92 valence electrons. The van der Waals surface area contributed by atoms with Crippen LogP contribution in [0, 0.1) is 5.82 Å². The Balaban J connectivity index is 1.99. The van der Waals surface area contributed by atoms with Gasteiger partial charge >= 0.3 is 0 Å². The monoisotopic (exact) mass is 263 g/mol. The maximum Gasteiger partial charge on any atom is 0.279 e. The van der Waals surface area contributed by atoms with Gasteiger partial charge in [-0.05, 0) is 48.1 Å². The summed E-state index contributed by atoms with van der Waals surface area (Å²) in [5.74, 6) is -0.435. The van der Waals surface area contributed by atoms with E-state index >= 15 is 0 Å². The van der Waals surface area contributed by atoms with E-state index in [9.17, 15) is 9.18 Å². The molecule has 1 aromatic carbocycles. The van der Waals surface area contributed by atoms with Crippen molar-refractivity contribution in [3.63, 3.8) is 0 Å². The number of anilines is 1. The first kappa shape index (κ1) is 11.3. The van der Waals surface area contributed by atoms with Gasteiger partial charge in [0.2, 0.25) is 0 Å². The van der Waals surface area contributed by atoms with E-state index < -0.39 is 0 Å². The van der Waals surface area contributed by atoms with Gasteiger partial charge in [0.05, 0.1) is 0 Å². The van der Waals surface area contributed by atoms with E-state index in [0.717, 1.165) is 35.6 Å². The summed E-state index contributed by atoms with van der Waals surface area (Å²) in [6.07, 6.45) is 1.63.